The first kappa shape index (κ1) is 19.8. The molecule has 0 saturated heterocycles. The Morgan fingerprint density at radius 1 is 1.09 bits per heavy atom. The Morgan fingerprint density at radius 2 is 1.97 bits per heavy atom. The molecule has 33 heavy (non-hydrogen) atoms. The summed E-state index contributed by atoms with van der Waals surface area (Å²) in [5, 5.41) is 10.7. The number of rotatable bonds is 2. The van der Waals surface area contributed by atoms with Crippen LogP contribution in [-0.4, -0.2) is 27.3 Å². The standard InChI is InChI=1S/C24H18F3N5O/c25-24(26,27)15-3-1-2-13(10-15)19-8-5-18-17-6-9-21(17)32(22(18)30-19)23(33)29-16-4-7-20-14(11-16)12-28-31-20/h1-5,7-8,10-12,17,21H,6,9H2,(H,28,31)(H,29,33). The molecule has 0 spiro atoms. The van der Waals surface area contributed by atoms with E-state index < -0.39 is 11.7 Å². The number of hydrogen-bond donors (Lipinski definition) is 2. The Morgan fingerprint density at radius 3 is 2.76 bits per heavy atom. The monoisotopic (exact) mass is 449 g/mol. The number of nitrogens with one attached hydrogen (secondary N) is 2. The predicted molar refractivity (Wildman–Crippen MR) is 118 cm³/mol. The average Bonchev–Trinajstić information content (AvgIpc) is 3.32. The molecule has 1 saturated carbocycles. The van der Waals surface area contributed by atoms with Crippen molar-refractivity contribution < 1.29 is 18.0 Å². The Hall–Kier alpha value is -3.88. The number of carbonyl (C=O) groups excluding carboxylic acids is 1. The maximum absolute atomic E-state index is 13.3. The fourth-order valence-electron chi connectivity index (χ4n) is 4.72. The van der Waals surface area contributed by atoms with Gasteiger partial charge in [0.25, 0.3) is 0 Å². The Balaban J connectivity index is 1.34. The van der Waals surface area contributed by atoms with Gasteiger partial charge in [-0.3, -0.25) is 10.00 Å². The number of halogens is 3. The van der Waals surface area contributed by atoms with Crippen molar-refractivity contribution in [2.24, 2.45) is 0 Å². The molecule has 0 radical (unpaired) electrons. The average molecular weight is 449 g/mol. The lowest BCUT2D eigenvalue weighted by Gasteiger charge is -2.35. The van der Waals surface area contributed by atoms with Gasteiger partial charge in [0.15, 0.2) is 0 Å². The van der Waals surface area contributed by atoms with Crippen LogP contribution in [0.4, 0.5) is 29.5 Å². The van der Waals surface area contributed by atoms with Crippen LogP contribution in [0.3, 0.4) is 0 Å². The molecular formula is C24H18F3N5O. The highest BCUT2D eigenvalue weighted by Gasteiger charge is 2.48. The highest BCUT2D eigenvalue weighted by molar-refractivity contribution is 6.04. The smallest absolute Gasteiger partial charge is 0.307 e. The minimum Gasteiger partial charge on any atom is -0.307 e. The largest absolute Gasteiger partial charge is 0.416 e. The number of pyridine rings is 1. The van der Waals surface area contributed by atoms with Crippen molar-refractivity contribution in [2.45, 2.75) is 31.0 Å². The maximum Gasteiger partial charge on any atom is 0.416 e. The van der Waals surface area contributed by atoms with E-state index in [1.807, 2.05) is 18.2 Å². The first-order valence-corrected chi connectivity index (χ1v) is 10.6. The molecule has 1 fully saturated rings. The van der Waals surface area contributed by atoms with Crippen LogP contribution >= 0.6 is 0 Å². The molecule has 6 rings (SSSR count). The van der Waals surface area contributed by atoms with Gasteiger partial charge in [-0.05, 0) is 49.2 Å². The molecule has 9 heteroatoms. The highest BCUT2D eigenvalue weighted by atomic mass is 19.4. The SMILES string of the molecule is O=C(Nc1ccc2[nH]ncc2c1)N1c2nc(-c3cccc(C(F)(F)F)c3)ccc2C2CCC21. The van der Waals surface area contributed by atoms with E-state index in [4.69, 9.17) is 0 Å². The molecule has 2 aromatic heterocycles. The molecule has 2 atom stereocenters. The summed E-state index contributed by atoms with van der Waals surface area (Å²) >= 11 is 0. The van der Waals surface area contributed by atoms with E-state index >= 15 is 0 Å². The van der Waals surface area contributed by atoms with E-state index in [1.165, 1.54) is 6.07 Å². The van der Waals surface area contributed by atoms with Gasteiger partial charge in [0.2, 0.25) is 0 Å². The lowest BCUT2D eigenvalue weighted by molar-refractivity contribution is -0.137. The number of aromatic amines is 1. The summed E-state index contributed by atoms with van der Waals surface area (Å²) in [7, 11) is 0. The van der Waals surface area contributed by atoms with Gasteiger partial charge in [0.1, 0.15) is 5.82 Å². The summed E-state index contributed by atoms with van der Waals surface area (Å²) in [6.45, 7) is 0. The van der Waals surface area contributed by atoms with Gasteiger partial charge >= 0.3 is 12.2 Å². The van der Waals surface area contributed by atoms with Crippen molar-refractivity contribution >= 4 is 28.4 Å². The molecule has 166 valence electrons. The number of amides is 2. The van der Waals surface area contributed by atoms with Crippen LogP contribution in [0, 0.1) is 0 Å². The summed E-state index contributed by atoms with van der Waals surface area (Å²) in [6.07, 6.45) is -0.948. The molecular weight excluding hydrogens is 431 g/mol. The fraction of sp³-hybridized carbons (Fsp3) is 0.208. The molecule has 2 N–H and O–H groups in total. The van der Waals surface area contributed by atoms with Gasteiger partial charge in [-0.25, -0.2) is 9.78 Å². The number of hydrogen-bond acceptors (Lipinski definition) is 3. The quantitative estimate of drug-likeness (QED) is 0.398. The highest BCUT2D eigenvalue weighted by Crippen LogP contribution is 2.51. The van der Waals surface area contributed by atoms with Crippen molar-refractivity contribution in [3.63, 3.8) is 0 Å². The number of carbonyl (C=O) groups is 1. The summed E-state index contributed by atoms with van der Waals surface area (Å²) < 4.78 is 39.5. The van der Waals surface area contributed by atoms with E-state index in [2.05, 4.69) is 20.5 Å². The number of alkyl halides is 3. The van der Waals surface area contributed by atoms with Gasteiger partial charge in [-0.2, -0.15) is 18.3 Å². The summed E-state index contributed by atoms with van der Waals surface area (Å²) in [5.41, 5.74) is 2.49. The van der Waals surface area contributed by atoms with Crippen LogP contribution in [0.5, 0.6) is 0 Å². The first-order chi connectivity index (χ1) is 15.9. The number of benzene rings is 2. The third-order valence-corrected chi connectivity index (χ3v) is 6.50. The third kappa shape index (κ3) is 3.23. The Kier molecular flexibility index (Phi) is 4.23. The number of fused-ring (bicyclic) bond motifs is 4. The normalized spacial score (nSPS) is 19.2. The van der Waals surface area contributed by atoms with E-state index in [0.29, 0.717) is 22.8 Å². The zero-order valence-corrected chi connectivity index (χ0v) is 17.2. The van der Waals surface area contributed by atoms with E-state index in [9.17, 15) is 18.0 Å². The fourth-order valence-corrected chi connectivity index (χ4v) is 4.72. The van der Waals surface area contributed by atoms with Gasteiger partial charge in [-0.1, -0.05) is 18.2 Å². The van der Waals surface area contributed by atoms with Gasteiger partial charge in [0, 0.05) is 34.2 Å². The molecule has 6 nitrogen and oxygen atoms in total. The zero-order valence-electron chi connectivity index (χ0n) is 17.2. The van der Waals surface area contributed by atoms with Gasteiger partial charge in [0.05, 0.1) is 23.0 Å². The second-order valence-electron chi connectivity index (χ2n) is 8.41. The van der Waals surface area contributed by atoms with E-state index in [1.54, 1.807) is 29.3 Å². The summed E-state index contributed by atoms with van der Waals surface area (Å²) in [5.74, 6) is 0.712. The lowest BCUT2D eigenvalue weighted by Crippen LogP contribution is -2.46. The molecule has 3 heterocycles. The van der Waals surface area contributed by atoms with Gasteiger partial charge < -0.3 is 5.32 Å². The van der Waals surface area contributed by atoms with Crippen molar-refractivity contribution in [3.05, 3.63) is 71.9 Å². The molecule has 2 aromatic carbocycles. The zero-order chi connectivity index (χ0) is 22.7. The van der Waals surface area contributed by atoms with E-state index in [0.717, 1.165) is 41.4 Å². The first-order valence-electron chi connectivity index (χ1n) is 10.6. The minimum atomic E-state index is -4.44. The molecule has 2 unspecified atom stereocenters. The minimum absolute atomic E-state index is 0.00177. The molecule has 2 amide bonds. The van der Waals surface area contributed by atoms with Crippen LogP contribution < -0.4 is 10.2 Å². The number of urea groups is 1. The predicted octanol–water partition coefficient (Wildman–Crippen LogP) is 5.94. The van der Waals surface area contributed by atoms with Crippen LogP contribution in [0.25, 0.3) is 22.2 Å². The van der Waals surface area contributed by atoms with Crippen LogP contribution in [0.15, 0.2) is 60.8 Å². The summed E-state index contributed by atoms with van der Waals surface area (Å²) in [6, 6.07) is 13.9. The second kappa shape index (κ2) is 7.06. The molecule has 0 bridgehead atoms. The maximum atomic E-state index is 13.3. The molecule has 4 aromatic rings. The third-order valence-electron chi connectivity index (χ3n) is 6.50. The molecule has 1 aliphatic heterocycles. The Bertz CT molecular complexity index is 1400. The van der Waals surface area contributed by atoms with Crippen molar-refractivity contribution in [2.75, 3.05) is 10.2 Å². The van der Waals surface area contributed by atoms with Crippen molar-refractivity contribution in [3.8, 4) is 11.3 Å². The number of nitrogens with zero attached hydrogens (tertiary/aromatic N) is 3. The topological polar surface area (TPSA) is 73.9 Å². The summed E-state index contributed by atoms with van der Waals surface area (Å²) in [4.78, 5) is 19.6. The molecule has 1 aliphatic carbocycles. The van der Waals surface area contributed by atoms with Crippen LogP contribution in [-0.2, 0) is 6.18 Å². The van der Waals surface area contributed by atoms with E-state index in [-0.39, 0.29) is 18.0 Å². The van der Waals surface area contributed by atoms with Gasteiger partial charge in [-0.15, -0.1) is 0 Å². The number of anilines is 2. The van der Waals surface area contributed by atoms with Crippen LogP contribution in [0.2, 0.25) is 0 Å². The van der Waals surface area contributed by atoms with Crippen LogP contribution in [0.1, 0.15) is 29.9 Å². The molecule has 2 aliphatic rings. The number of aromatic nitrogens is 3. The van der Waals surface area contributed by atoms with Crippen molar-refractivity contribution in [1.82, 2.24) is 15.2 Å². The second-order valence-corrected chi connectivity index (χ2v) is 8.41. The van der Waals surface area contributed by atoms with Crippen molar-refractivity contribution in [1.29, 1.82) is 0 Å². The lowest BCUT2D eigenvalue weighted by atomic mass is 9.78. The Labute approximate surface area is 186 Å². The number of H-pyrrole nitrogens is 1.